The highest BCUT2D eigenvalue weighted by molar-refractivity contribution is 6.32. The first-order valence-corrected chi connectivity index (χ1v) is 7.68. The Kier molecular flexibility index (Phi) is 5.53. The molecule has 1 aromatic rings. The number of aromatic nitrogens is 1. The van der Waals surface area contributed by atoms with Crippen LogP contribution in [0.2, 0.25) is 5.15 Å². The van der Waals surface area contributed by atoms with Crippen molar-refractivity contribution in [3.63, 3.8) is 0 Å². The minimum atomic E-state index is -0.562. The van der Waals surface area contributed by atoms with Crippen LogP contribution in [0.5, 0.6) is 0 Å². The molecule has 116 valence electrons. The zero-order valence-electron chi connectivity index (χ0n) is 12.4. The van der Waals surface area contributed by atoms with Gasteiger partial charge < -0.3 is 10.2 Å². The number of hydrogen-bond acceptors (Lipinski definition) is 3. The van der Waals surface area contributed by atoms with Crippen LogP contribution in [-0.2, 0) is 0 Å². The monoisotopic (exact) mass is 313 g/mol. The number of hydrogen-bond donors (Lipinski definition) is 1. The van der Waals surface area contributed by atoms with E-state index >= 15 is 0 Å². The summed E-state index contributed by atoms with van der Waals surface area (Å²) in [4.78, 5) is 18.1. The highest BCUT2D eigenvalue weighted by Gasteiger charge is 2.22. The summed E-state index contributed by atoms with van der Waals surface area (Å²) in [6.07, 6.45) is 3.24. The molecule has 21 heavy (non-hydrogen) atoms. The van der Waals surface area contributed by atoms with E-state index in [9.17, 15) is 9.18 Å². The summed E-state index contributed by atoms with van der Waals surface area (Å²) < 4.78 is 13.1. The minimum absolute atomic E-state index is 0.0290. The van der Waals surface area contributed by atoms with Crippen LogP contribution in [0, 0.1) is 11.7 Å². The molecule has 1 amide bonds. The van der Waals surface area contributed by atoms with Gasteiger partial charge in [-0.1, -0.05) is 11.6 Å². The van der Waals surface area contributed by atoms with Gasteiger partial charge in [0.05, 0.1) is 11.8 Å². The third-order valence-corrected chi connectivity index (χ3v) is 4.18. The summed E-state index contributed by atoms with van der Waals surface area (Å²) in [5.74, 6) is -0.507. The van der Waals surface area contributed by atoms with Gasteiger partial charge in [0, 0.05) is 19.1 Å². The Morgan fingerprint density at radius 1 is 1.62 bits per heavy atom. The van der Waals surface area contributed by atoms with Crippen LogP contribution in [0.25, 0.3) is 0 Å². The molecule has 0 aliphatic carbocycles. The summed E-state index contributed by atoms with van der Waals surface area (Å²) in [5, 5.41) is 2.87. The Balaban J connectivity index is 1.90. The van der Waals surface area contributed by atoms with Crippen molar-refractivity contribution in [3.05, 3.63) is 28.8 Å². The Labute approximate surface area is 129 Å². The number of nitrogens with zero attached hydrogens (tertiary/aromatic N) is 2. The van der Waals surface area contributed by atoms with Gasteiger partial charge in [0.2, 0.25) is 0 Å². The number of halogens is 2. The Bertz CT molecular complexity index is 510. The summed E-state index contributed by atoms with van der Waals surface area (Å²) in [6, 6.07) is 1.64. The quantitative estimate of drug-likeness (QED) is 0.869. The van der Waals surface area contributed by atoms with E-state index in [4.69, 9.17) is 11.6 Å². The Hall–Kier alpha value is -1.20. The molecule has 2 rings (SSSR count). The smallest absolute Gasteiger partial charge is 0.254 e. The molecule has 1 fully saturated rings. The second-order valence-corrected chi connectivity index (χ2v) is 6.16. The van der Waals surface area contributed by atoms with E-state index in [1.54, 1.807) is 0 Å². The lowest BCUT2D eigenvalue weighted by Gasteiger charge is -2.35. The van der Waals surface area contributed by atoms with Gasteiger partial charge in [-0.25, -0.2) is 9.37 Å². The van der Waals surface area contributed by atoms with Crippen molar-refractivity contribution in [1.82, 2.24) is 15.2 Å². The largest absolute Gasteiger partial charge is 0.352 e. The van der Waals surface area contributed by atoms with Crippen LogP contribution in [0.3, 0.4) is 0 Å². The third-order valence-electron chi connectivity index (χ3n) is 3.88. The van der Waals surface area contributed by atoms with Crippen molar-refractivity contribution in [3.8, 4) is 0 Å². The van der Waals surface area contributed by atoms with Gasteiger partial charge in [-0.3, -0.25) is 4.79 Å². The number of carbonyl (C=O) groups excluding carboxylic acids is 1. The maximum atomic E-state index is 13.1. The Morgan fingerprint density at radius 3 is 3.10 bits per heavy atom. The summed E-state index contributed by atoms with van der Waals surface area (Å²) in [5.41, 5.74) is 0.0909. The lowest BCUT2D eigenvalue weighted by Crippen LogP contribution is -2.43. The molecule has 1 aliphatic rings. The molecule has 0 aromatic carbocycles. The fourth-order valence-corrected chi connectivity index (χ4v) is 2.84. The molecule has 1 saturated heterocycles. The lowest BCUT2D eigenvalue weighted by molar-refractivity contribution is 0.0922. The number of nitrogens with one attached hydrogen (secondary N) is 1. The van der Waals surface area contributed by atoms with Crippen LogP contribution in [-0.4, -0.2) is 41.5 Å². The first kappa shape index (κ1) is 16.2. The first-order valence-electron chi connectivity index (χ1n) is 7.30. The zero-order chi connectivity index (χ0) is 15.4. The summed E-state index contributed by atoms with van der Waals surface area (Å²) >= 11 is 5.83. The highest BCUT2D eigenvalue weighted by atomic mass is 35.5. The van der Waals surface area contributed by atoms with Crippen LogP contribution >= 0.6 is 11.6 Å². The van der Waals surface area contributed by atoms with Gasteiger partial charge in [-0.2, -0.15) is 0 Å². The van der Waals surface area contributed by atoms with Crippen LogP contribution in [0.4, 0.5) is 4.39 Å². The van der Waals surface area contributed by atoms with Gasteiger partial charge >= 0.3 is 0 Å². The predicted octanol–water partition coefficient (Wildman–Crippen LogP) is 2.72. The SMILES string of the molecule is CC(C)N1CCC[C@H](CNC(=O)c2cc(F)cnc2Cl)C1. The van der Waals surface area contributed by atoms with E-state index in [1.165, 1.54) is 0 Å². The molecule has 1 N–H and O–H groups in total. The molecular formula is C15H21ClFN3O. The van der Waals surface area contributed by atoms with Crippen molar-refractivity contribution < 1.29 is 9.18 Å². The molecule has 1 aliphatic heterocycles. The van der Waals surface area contributed by atoms with E-state index in [2.05, 4.69) is 29.0 Å². The molecular weight excluding hydrogens is 293 g/mol. The average Bonchev–Trinajstić information content (AvgIpc) is 2.47. The fraction of sp³-hybridized carbons (Fsp3) is 0.600. The number of carbonyl (C=O) groups is 1. The summed E-state index contributed by atoms with van der Waals surface area (Å²) in [7, 11) is 0. The Morgan fingerprint density at radius 2 is 2.38 bits per heavy atom. The number of amides is 1. The van der Waals surface area contributed by atoms with Crippen LogP contribution < -0.4 is 5.32 Å². The van der Waals surface area contributed by atoms with Crippen molar-refractivity contribution in [2.24, 2.45) is 5.92 Å². The highest BCUT2D eigenvalue weighted by Crippen LogP contribution is 2.18. The zero-order valence-corrected chi connectivity index (χ0v) is 13.2. The van der Waals surface area contributed by atoms with E-state index in [0.29, 0.717) is 18.5 Å². The van der Waals surface area contributed by atoms with Crippen molar-refractivity contribution >= 4 is 17.5 Å². The molecule has 2 heterocycles. The van der Waals surface area contributed by atoms with Crippen molar-refractivity contribution in [2.75, 3.05) is 19.6 Å². The van der Waals surface area contributed by atoms with Gasteiger partial charge in [0.25, 0.3) is 5.91 Å². The van der Waals surface area contributed by atoms with E-state index in [-0.39, 0.29) is 16.6 Å². The van der Waals surface area contributed by atoms with Gasteiger partial charge in [0.15, 0.2) is 0 Å². The molecule has 4 nitrogen and oxygen atoms in total. The van der Waals surface area contributed by atoms with E-state index in [0.717, 1.165) is 38.2 Å². The van der Waals surface area contributed by atoms with Gasteiger partial charge in [-0.05, 0) is 45.2 Å². The molecule has 1 atom stereocenters. The molecule has 0 unspecified atom stereocenters. The molecule has 0 bridgehead atoms. The van der Waals surface area contributed by atoms with Crippen molar-refractivity contribution in [1.29, 1.82) is 0 Å². The number of likely N-dealkylation sites (tertiary alicyclic amines) is 1. The predicted molar refractivity (Wildman–Crippen MR) is 81.0 cm³/mol. The maximum absolute atomic E-state index is 13.1. The molecule has 6 heteroatoms. The average molecular weight is 314 g/mol. The van der Waals surface area contributed by atoms with E-state index < -0.39 is 5.82 Å². The van der Waals surface area contributed by atoms with Gasteiger partial charge in [-0.15, -0.1) is 0 Å². The minimum Gasteiger partial charge on any atom is -0.352 e. The lowest BCUT2D eigenvalue weighted by atomic mass is 9.97. The normalized spacial score (nSPS) is 19.8. The number of piperidine rings is 1. The third kappa shape index (κ3) is 4.38. The fourth-order valence-electron chi connectivity index (χ4n) is 2.65. The van der Waals surface area contributed by atoms with Crippen molar-refractivity contribution in [2.45, 2.75) is 32.7 Å². The molecule has 0 radical (unpaired) electrons. The maximum Gasteiger partial charge on any atom is 0.254 e. The molecule has 1 aromatic heterocycles. The first-order chi connectivity index (χ1) is 9.97. The topological polar surface area (TPSA) is 45.2 Å². The number of rotatable bonds is 4. The molecule has 0 spiro atoms. The second kappa shape index (κ2) is 7.18. The van der Waals surface area contributed by atoms with Crippen LogP contribution in [0.15, 0.2) is 12.3 Å². The van der Waals surface area contributed by atoms with Crippen LogP contribution in [0.1, 0.15) is 37.0 Å². The van der Waals surface area contributed by atoms with Gasteiger partial charge in [0.1, 0.15) is 11.0 Å². The summed E-state index contributed by atoms with van der Waals surface area (Å²) in [6.45, 7) is 7.03. The number of pyridine rings is 1. The molecule has 0 saturated carbocycles. The van der Waals surface area contributed by atoms with E-state index in [1.807, 2.05) is 0 Å². The second-order valence-electron chi connectivity index (χ2n) is 5.80. The standard InChI is InChI=1S/C15H21ClFN3O/c1-10(2)20-5-3-4-11(9-20)7-19-15(21)13-6-12(17)8-18-14(13)16/h6,8,10-11H,3-5,7,9H2,1-2H3,(H,19,21)/t11-/m1/s1.